The van der Waals surface area contributed by atoms with E-state index in [0.29, 0.717) is 18.7 Å². The number of rotatable bonds is 11. The summed E-state index contributed by atoms with van der Waals surface area (Å²) in [5.74, 6) is -0.0243. The van der Waals surface area contributed by atoms with Gasteiger partial charge in [0.05, 0.1) is 17.2 Å². The molecule has 0 aliphatic rings. The summed E-state index contributed by atoms with van der Waals surface area (Å²) in [6.45, 7) is 0.176. The van der Waals surface area contributed by atoms with Gasteiger partial charge < -0.3 is 19.9 Å². The minimum absolute atomic E-state index is 0.116. The van der Waals surface area contributed by atoms with Crippen molar-refractivity contribution in [2.75, 3.05) is 19.1 Å². The third-order valence-electron chi connectivity index (χ3n) is 4.17. The summed E-state index contributed by atoms with van der Waals surface area (Å²) in [5.41, 5.74) is 0.953. The van der Waals surface area contributed by atoms with E-state index >= 15 is 0 Å². The number of aliphatic carboxylic acids is 1. The number of halogens is 3. The Labute approximate surface area is 183 Å². The van der Waals surface area contributed by atoms with Crippen LogP contribution in [-0.4, -0.2) is 36.2 Å². The number of hydrogen-bond acceptors (Lipinski definition) is 5. The number of thioether (sulfide) groups is 1. The van der Waals surface area contributed by atoms with Crippen LogP contribution in [0.5, 0.6) is 11.5 Å². The smallest absolute Gasteiger partial charge is 0.320 e. The first-order valence-corrected chi connectivity index (χ1v) is 10.9. The number of benzene rings is 2. The molecule has 2 aromatic carbocycles. The number of carboxylic acid groups (broad SMARTS) is 1. The Hall–Kier alpha value is -1.67. The van der Waals surface area contributed by atoms with Gasteiger partial charge in [-0.1, -0.05) is 29.3 Å². The molecule has 5 nitrogen and oxygen atoms in total. The van der Waals surface area contributed by atoms with Crippen molar-refractivity contribution in [2.24, 2.45) is 0 Å². The van der Waals surface area contributed by atoms with E-state index < -0.39 is 17.8 Å². The van der Waals surface area contributed by atoms with Crippen LogP contribution in [0.4, 0.5) is 4.39 Å². The van der Waals surface area contributed by atoms with Gasteiger partial charge in [0.25, 0.3) is 0 Å². The predicted molar refractivity (Wildman–Crippen MR) is 115 cm³/mol. The minimum Gasteiger partial charge on any atom is -0.493 e. The average Bonchev–Trinajstić information content (AvgIpc) is 2.68. The minimum atomic E-state index is -0.904. The highest BCUT2D eigenvalue weighted by atomic mass is 35.5. The van der Waals surface area contributed by atoms with E-state index in [4.69, 9.17) is 32.7 Å². The summed E-state index contributed by atoms with van der Waals surface area (Å²) in [5, 5.41) is 12.8. The van der Waals surface area contributed by atoms with Crippen LogP contribution in [0.15, 0.2) is 30.3 Å². The number of carboxylic acids is 1. The van der Waals surface area contributed by atoms with E-state index in [9.17, 15) is 14.3 Å². The lowest BCUT2D eigenvalue weighted by Crippen LogP contribution is -2.36. The maximum atomic E-state index is 13.9. The fourth-order valence-corrected chi connectivity index (χ4v) is 3.60. The van der Waals surface area contributed by atoms with Crippen molar-refractivity contribution in [3.05, 3.63) is 57.3 Å². The molecular weight excluding hydrogens is 440 g/mol. The molecule has 1 atom stereocenters. The van der Waals surface area contributed by atoms with Crippen molar-refractivity contribution in [2.45, 2.75) is 25.6 Å². The molecule has 29 heavy (non-hydrogen) atoms. The van der Waals surface area contributed by atoms with Crippen molar-refractivity contribution in [3.63, 3.8) is 0 Å². The summed E-state index contributed by atoms with van der Waals surface area (Å²) in [4.78, 5) is 11.4. The fourth-order valence-electron chi connectivity index (χ4n) is 2.62. The highest BCUT2D eigenvalue weighted by molar-refractivity contribution is 7.98. The maximum Gasteiger partial charge on any atom is 0.320 e. The maximum absolute atomic E-state index is 13.9. The SMILES string of the molecule is COc1cc(CNC(CCSC)C(=O)O)cc(Cl)c1OCc1c(F)cccc1Cl. The molecule has 2 rings (SSSR count). The lowest BCUT2D eigenvalue weighted by atomic mass is 10.1. The molecule has 0 bridgehead atoms. The van der Waals surface area contributed by atoms with Gasteiger partial charge in [-0.2, -0.15) is 11.8 Å². The quantitative estimate of drug-likeness (QED) is 0.489. The third kappa shape index (κ3) is 6.67. The number of ether oxygens (including phenoxy) is 2. The summed E-state index contributed by atoms with van der Waals surface area (Å²) < 4.78 is 25.0. The van der Waals surface area contributed by atoms with Gasteiger partial charge in [-0.15, -0.1) is 0 Å². The van der Waals surface area contributed by atoms with E-state index in [1.54, 1.807) is 30.0 Å². The molecule has 2 aromatic rings. The Morgan fingerprint density at radius 3 is 2.69 bits per heavy atom. The summed E-state index contributed by atoms with van der Waals surface area (Å²) >= 11 is 14.0. The van der Waals surface area contributed by atoms with Crippen LogP contribution in [0.1, 0.15) is 17.5 Å². The molecule has 0 fully saturated rings. The van der Waals surface area contributed by atoms with Crippen molar-refractivity contribution in [1.82, 2.24) is 5.32 Å². The van der Waals surface area contributed by atoms with Crippen LogP contribution in [-0.2, 0) is 17.9 Å². The van der Waals surface area contributed by atoms with E-state index in [1.807, 2.05) is 6.26 Å². The third-order valence-corrected chi connectivity index (χ3v) is 5.45. The van der Waals surface area contributed by atoms with Crippen molar-refractivity contribution >= 4 is 40.9 Å². The second-order valence-electron chi connectivity index (χ2n) is 6.15. The number of carbonyl (C=O) groups is 1. The van der Waals surface area contributed by atoms with Gasteiger partial charge in [0.15, 0.2) is 11.5 Å². The largest absolute Gasteiger partial charge is 0.493 e. The molecule has 2 N–H and O–H groups in total. The Bertz CT molecular complexity index is 833. The van der Waals surface area contributed by atoms with Gasteiger partial charge in [-0.05, 0) is 48.3 Å². The Kier molecular flexibility index (Phi) is 9.36. The fraction of sp³-hybridized carbons (Fsp3) is 0.350. The molecule has 1 unspecified atom stereocenters. The van der Waals surface area contributed by atoms with Gasteiger partial charge in [0, 0.05) is 12.1 Å². The zero-order valence-electron chi connectivity index (χ0n) is 16.0. The molecule has 0 aromatic heterocycles. The molecule has 0 radical (unpaired) electrons. The molecule has 0 aliphatic heterocycles. The summed E-state index contributed by atoms with van der Waals surface area (Å²) in [7, 11) is 1.46. The second kappa shape index (κ2) is 11.5. The second-order valence-corrected chi connectivity index (χ2v) is 7.95. The van der Waals surface area contributed by atoms with E-state index in [0.717, 1.165) is 11.3 Å². The average molecular weight is 462 g/mol. The first-order chi connectivity index (χ1) is 13.9. The first kappa shape index (κ1) is 23.6. The van der Waals surface area contributed by atoms with Crippen molar-refractivity contribution in [3.8, 4) is 11.5 Å². The van der Waals surface area contributed by atoms with Crippen LogP contribution in [0.3, 0.4) is 0 Å². The van der Waals surface area contributed by atoms with Crippen LogP contribution >= 0.6 is 35.0 Å². The Morgan fingerprint density at radius 1 is 1.31 bits per heavy atom. The lowest BCUT2D eigenvalue weighted by Gasteiger charge is -2.17. The molecule has 0 amide bonds. The lowest BCUT2D eigenvalue weighted by molar-refractivity contribution is -0.139. The molecule has 0 saturated carbocycles. The van der Waals surface area contributed by atoms with Crippen molar-refractivity contribution < 1.29 is 23.8 Å². The van der Waals surface area contributed by atoms with Crippen LogP contribution in [0.25, 0.3) is 0 Å². The predicted octanol–water partition coefficient (Wildman–Crippen LogP) is 5.02. The summed E-state index contributed by atoms with van der Waals surface area (Å²) in [6, 6.07) is 7.08. The van der Waals surface area contributed by atoms with Gasteiger partial charge in [0.1, 0.15) is 18.5 Å². The molecule has 0 aliphatic carbocycles. The molecule has 0 spiro atoms. The van der Waals surface area contributed by atoms with Crippen LogP contribution in [0.2, 0.25) is 10.0 Å². The number of nitrogens with one attached hydrogen (secondary N) is 1. The van der Waals surface area contributed by atoms with Crippen molar-refractivity contribution in [1.29, 1.82) is 0 Å². The Balaban J connectivity index is 2.13. The van der Waals surface area contributed by atoms with E-state index in [-0.39, 0.29) is 28.0 Å². The van der Waals surface area contributed by atoms with Crippen LogP contribution in [0, 0.1) is 5.82 Å². The monoisotopic (exact) mass is 461 g/mol. The van der Waals surface area contributed by atoms with E-state index in [2.05, 4.69) is 5.32 Å². The van der Waals surface area contributed by atoms with Gasteiger partial charge in [0.2, 0.25) is 0 Å². The highest BCUT2D eigenvalue weighted by Gasteiger charge is 2.18. The topological polar surface area (TPSA) is 67.8 Å². The number of hydrogen-bond donors (Lipinski definition) is 2. The summed E-state index contributed by atoms with van der Waals surface area (Å²) in [6.07, 6.45) is 2.43. The first-order valence-electron chi connectivity index (χ1n) is 8.74. The number of methoxy groups -OCH3 is 1. The Morgan fingerprint density at radius 2 is 2.07 bits per heavy atom. The normalized spacial score (nSPS) is 11.9. The highest BCUT2D eigenvalue weighted by Crippen LogP contribution is 2.37. The molecule has 158 valence electrons. The molecule has 0 saturated heterocycles. The van der Waals surface area contributed by atoms with Gasteiger partial charge in [-0.3, -0.25) is 4.79 Å². The zero-order valence-corrected chi connectivity index (χ0v) is 18.3. The standard InChI is InChI=1S/C20H22Cl2FNO4S/c1-27-18-9-12(10-24-17(20(25)26)6-7-29-2)8-15(22)19(18)28-11-13-14(21)4-3-5-16(13)23/h3-5,8-9,17,24H,6-7,10-11H2,1-2H3,(H,25,26). The molecule has 0 heterocycles. The van der Waals surface area contributed by atoms with Gasteiger partial charge >= 0.3 is 5.97 Å². The van der Waals surface area contributed by atoms with Crippen LogP contribution < -0.4 is 14.8 Å². The van der Waals surface area contributed by atoms with E-state index in [1.165, 1.54) is 19.2 Å². The van der Waals surface area contributed by atoms with Gasteiger partial charge in [-0.25, -0.2) is 4.39 Å². The molecular formula is C20H22Cl2FNO4S. The molecule has 9 heteroatoms. The zero-order chi connectivity index (χ0) is 21.4.